The molecule has 0 aliphatic heterocycles. The molecule has 18 heavy (non-hydrogen) atoms. The summed E-state index contributed by atoms with van der Waals surface area (Å²) in [6.45, 7) is 0. The van der Waals surface area contributed by atoms with Crippen LogP contribution >= 0.6 is 15.9 Å². The maximum atomic E-state index is 12.7. The van der Waals surface area contributed by atoms with Gasteiger partial charge in [-0.1, -0.05) is 0 Å². The summed E-state index contributed by atoms with van der Waals surface area (Å²) >= 11 is 2.57. The van der Waals surface area contributed by atoms with Gasteiger partial charge in [0.1, 0.15) is 0 Å². The van der Waals surface area contributed by atoms with E-state index in [1.54, 1.807) is 0 Å². The lowest BCUT2D eigenvalue weighted by Crippen LogP contribution is -2.24. The third-order valence-electron chi connectivity index (χ3n) is 1.99. The molecule has 0 bridgehead atoms. The number of nitrogens with two attached hydrogens (primary N) is 1. The fraction of sp³-hybridized carbons (Fsp3) is 0.222. The van der Waals surface area contributed by atoms with E-state index in [4.69, 9.17) is 0 Å². The maximum Gasteiger partial charge on any atom is 0.417 e. The van der Waals surface area contributed by atoms with Crippen LogP contribution in [0, 0.1) is 0 Å². The van der Waals surface area contributed by atoms with E-state index in [9.17, 15) is 31.1 Å². The first-order valence-corrected chi connectivity index (χ1v) is 5.02. The van der Waals surface area contributed by atoms with E-state index in [0.717, 1.165) is 0 Å². The van der Waals surface area contributed by atoms with Crippen LogP contribution in [0.1, 0.15) is 21.5 Å². The van der Waals surface area contributed by atoms with E-state index in [0.29, 0.717) is 6.07 Å². The van der Waals surface area contributed by atoms with Gasteiger partial charge in [-0.25, -0.2) is 0 Å². The Labute approximate surface area is 105 Å². The number of alkyl halides is 6. The van der Waals surface area contributed by atoms with E-state index in [2.05, 4.69) is 21.7 Å². The summed E-state index contributed by atoms with van der Waals surface area (Å²) in [5.41, 5.74) is -0.589. The van der Waals surface area contributed by atoms with Crippen molar-refractivity contribution in [1.29, 1.82) is 0 Å². The Kier molecular flexibility index (Phi) is 3.66. The monoisotopic (exact) mass is 335 g/mol. The molecule has 100 valence electrons. The molecule has 0 aliphatic carbocycles. The average Bonchev–Trinajstić information content (AvgIpc) is 2.12. The van der Waals surface area contributed by atoms with Crippen LogP contribution in [0.3, 0.4) is 0 Å². The Balaban J connectivity index is 3.78. The van der Waals surface area contributed by atoms with Crippen LogP contribution in [0.4, 0.5) is 26.3 Å². The molecule has 0 unspecified atom stereocenters. The van der Waals surface area contributed by atoms with Gasteiger partial charge in [-0.2, -0.15) is 26.3 Å². The van der Waals surface area contributed by atoms with Crippen LogP contribution in [-0.2, 0) is 12.4 Å². The zero-order chi connectivity index (χ0) is 14.3. The van der Waals surface area contributed by atoms with Gasteiger partial charge in [0.25, 0.3) is 0 Å². The summed E-state index contributed by atoms with van der Waals surface area (Å²) in [5, 5.41) is 0. The summed E-state index contributed by atoms with van der Waals surface area (Å²) in [6.07, 6.45) is -10.6. The highest BCUT2D eigenvalue weighted by Crippen LogP contribution is 2.43. The van der Waals surface area contributed by atoms with Crippen molar-refractivity contribution in [1.82, 2.24) is 0 Å². The van der Waals surface area contributed by atoms with Gasteiger partial charge in [-0.05, 0) is 28.1 Å². The lowest BCUT2D eigenvalue weighted by atomic mass is 9.99. The molecule has 0 spiro atoms. The minimum Gasteiger partial charge on any atom is -0.366 e. The smallest absolute Gasteiger partial charge is 0.366 e. The lowest BCUT2D eigenvalue weighted by Gasteiger charge is -2.18. The predicted octanol–water partition coefficient (Wildman–Crippen LogP) is 3.59. The molecular formula is C9H4BrF6NO. The van der Waals surface area contributed by atoms with Crippen LogP contribution in [0.25, 0.3) is 0 Å². The van der Waals surface area contributed by atoms with E-state index >= 15 is 0 Å². The zero-order valence-corrected chi connectivity index (χ0v) is 9.87. The first-order valence-electron chi connectivity index (χ1n) is 4.23. The van der Waals surface area contributed by atoms with Gasteiger partial charge in [0.15, 0.2) is 0 Å². The number of hydrogen-bond donors (Lipinski definition) is 1. The molecule has 0 fully saturated rings. The van der Waals surface area contributed by atoms with Crippen molar-refractivity contribution in [3.8, 4) is 0 Å². The van der Waals surface area contributed by atoms with Gasteiger partial charge in [0, 0.05) is 4.47 Å². The Morgan fingerprint density at radius 3 is 1.89 bits per heavy atom. The molecule has 2 nitrogen and oxygen atoms in total. The largest absolute Gasteiger partial charge is 0.417 e. The van der Waals surface area contributed by atoms with Crippen LogP contribution in [0.2, 0.25) is 0 Å². The molecule has 0 saturated heterocycles. The fourth-order valence-electron chi connectivity index (χ4n) is 1.35. The van der Waals surface area contributed by atoms with Gasteiger partial charge in [0.05, 0.1) is 16.7 Å². The SMILES string of the molecule is NC(=O)c1c(Br)ccc(C(F)(F)F)c1C(F)(F)F. The normalized spacial score (nSPS) is 12.6. The van der Waals surface area contributed by atoms with Crippen LogP contribution in [0.15, 0.2) is 16.6 Å². The first-order chi connectivity index (χ1) is 7.96. The summed E-state index contributed by atoms with van der Waals surface area (Å²) in [7, 11) is 0. The van der Waals surface area contributed by atoms with Gasteiger partial charge in [-0.15, -0.1) is 0 Å². The van der Waals surface area contributed by atoms with Crippen LogP contribution in [-0.4, -0.2) is 5.91 Å². The predicted molar refractivity (Wildman–Crippen MR) is 52.7 cm³/mol. The van der Waals surface area contributed by atoms with E-state index in [1.807, 2.05) is 0 Å². The van der Waals surface area contributed by atoms with Crippen molar-refractivity contribution in [2.24, 2.45) is 5.73 Å². The number of primary amides is 1. The van der Waals surface area contributed by atoms with Crippen molar-refractivity contribution in [2.45, 2.75) is 12.4 Å². The summed E-state index contributed by atoms with van der Waals surface area (Å²) in [6, 6.07) is 0.928. The van der Waals surface area contributed by atoms with Crippen molar-refractivity contribution < 1.29 is 31.1 Å². The van der Waals surface area contributed by atoms with Crippen molar-refractivity contribution in [2.75, 3.05) is 0 Å². The highest BCUT2D eigenvalue weighted by molar-refractivity contribution is 9.10. The molecule has 1 amide bonds. The minimum absolute atomic E-state index is 0.235. The fourth-order valence-corrected chi connectivity index (χ4v) is 1.87. The van der Waals surface area contributed by atoms with Crippen molar-refractivity contribution in [3.05, 3.63) is 33.3 Å². The molecule has 1 aromatic rings. The van der Waals surface area contributed by atoms with Gasteiger partial charge >= 0.3 is 12.4 Å². The molecule has 0 aromatic heterocycles. The van der Waals surface area contributed by atoms with Crippen LogP contribution < -0.4 is 5.73 Å². The lowest BCUT2D eigenvalue weighted by molar-refractivity contribution is -0.162. The Hall–Kier alpha value is -1.25. The Morgan fingerprint density at radius 2 is 1.56 bits per heavy atom. The first kappa shape index (κ1) is 14.8. The molecular weight excluding hydrogens is 332 g/mol. The second-order valence-electron chi connectivity index (χ2n) is 3.20. The topological polar surface area (TPSA) is 43.1 Å². The number of rotatable bonds is 1. The van der Waals surface area contributed by atoms with Gasteiger partial charge in [-0.3, -0.25) is 4.79 Å². The zero-order valence-electron chi connectivity index (χ0n) is 8.29. The standard InChI is InChI=1S/C9H4BrF6NO/c10-4-2-1-3(8(11,12)13)6(9(14,15)16)5(4)7(17)18/h1-2H,(H2,17,18). The molecule has 1 aromatic carbocycles. The van der Waals surface area contributed by atoms with Crippen LogP contribution in [0.5, 0.6) is 0 Å². The molecule has 9 heteroatoms. The molecule has 0 saturated carbocycles. The Bertz CT molecular complexity index is 493. The second-order valence-corrected chi connectivity index (χ2v) is 4.06. The molecule has 1 rings (SSSR count). The van der Waals surface area contributed by atoms with Gasteiger partial charge < -0.3 is 5.73 Å². The highest BCUT2D eigenvalue weighted by atomic mass is 79.9. The third-order valence-corrected chi connectivity index (χ3v) is 2.65. The number of amides is 1. The number of benzene rings is 1. The van der Waals surface area contributed by atoms with E-state index < -0.39 is 39.4 Å². The average molecular weight is 336 g/mol. The number of hydrogen-bond acceptors (Lipinski definition) is 1. The summed E-state index contributed by atoms with van der Waals surface area (Å²) in [4.78, 5) is 10.9. The molecule has 0 radical (unpaired) electrons. The molecule has 2 N–H and O–H groups in total. The van der Waals surface area contributed by atoms with Gasteiger partial charge in [0.2, 0.25) is 5.91 Å². The number of carbonyl (C=O) groups is 1. The third kappa shape index (κ3) is 2.77. The quantitative estimate of drug-likeness (QED) is 0.783. The Morgan fingerprint density at radius 1 is 1.06 bits per heavy atom. The summed E-state index contributed by atoms with van der Waals surface area (Å²) < 4.78 is 75.0. The number of carbonyl (C=O) groups excluding carboxylic acids is 1. The summed E-state index contributed by atoms with van der Waals surface area (Å²) in [5.74, 6) is -1.60. The second kappa shape index (κ2) is 4.45. The maximum absolute atomic E-state index is 12.7. The van der Waals surface area contributed by atoms with E-state index in [-0.39, 0.29) is 6.07 Å². The van der Waals surface area contributed by atoms with E-state index in [1.165, 1.54) is 0 Å². The minimum atomic E-state index is -5.35. The molecule has 0 atom stereocenters. The van der Waals surface area contributed by atoms with Crippen molar-refractivity contribution in [3.63, 3.8) is 0 Å². The number of halogens is 7. The molecule has 0 heterocycles. The van der Waals surface area contributed by atoms with Crippen molar-refractivity contribution >= 4 is 21.8 Å². The highest BCUT2D eigenvalue weighted by Gasteiger charge is 2.46. The molecule has 0 aliphatic rings.